The van der Waals surface area contributed by atoms with Crippen molar-refractivity contribution in [3.63, 3.8) is 0 Å². The first-order valence-electron chi connectivity index (χ1n) is 7.11. The van der Waals surface area contributed by atoms with Gasteiger partial charge in [-0.3, -0.25) is 4.68 Å². The third kappa shape index (κ3) is 4.21. The minimum atomic E-state index is 0.146. The molecule has 0 saturated heterocycles. The summed E-state index contributed by atoms with van der Waals surface area (Å²) in [5.74, 6) is 1.18. The number of ether oxygens (including phenoxy) is 1. The van der Waals surface area contributed by atoms with Gasteiger partial charge in [0.05, 0.1) is 12.3 Å². The van der Waals surface area contributed by atoms with Crippen LogP contribution >= 0.6 is 0 Å². The predicted molar refractivity (Wildman–Crippen MR) is 79.7 cm³/mol. The molecule has 1 unspecified atom stereocenters. The Morgan fingerprint density at radius 3 is 2.63 bits per heavy atom. The van der Waals surface area contributed by atoms with Crippen molar-refractivity contribution in [1.29, 1.82) is 0 Å². The smallest absolute Gasteiger partial charge is 0.130 e. The second-order valence-electron chi connectivity index (χ2n) is 4.97. The van der Waals surface area contributed by atoms with Crippen molar-refractivity contribution < 1.29 is 4.74 Å². The average molecular weight is 268 g/mol. The van der Waals surface area contributed by atoms with Crippen molar-refractivity contribution in [2.24, 2.45) is 12.8 Å². The van der Waals surface area contributed by atoms with E-state index >= 15 is 0 Å². The van der Waals surface area contributed by atoms with Crippen LogP contribution in [0.2, 0.25) is 0 Å². The fraction of sp³-hybridized carbons (Fsp3) is 0.786. The van der Waals surface area contributed by atoms with Gasteiger partial charge in [0.15, 0.2) is 0 Å². The number of likely N-dealkylation sites (N-methyl/N-ethyl adjacent to an activating group) is 1. The molecule has 1 aromatic rings. The summed E-state index contributed by atoms with van der Waals surface area (Å²) >= 11 is 0. The van der Waals surface area contributed by atoms with E-state index in [1.54, 1.807) is 0 Å². The van der Waals surface area contributed by atoms with Crippen molar-refractivity contribution in [3.8, 4) is 0 Å². The molecule has 1 atom stereocenters. The lowest BCUT2D eigenvalue weighted by molar-refractivity contribution is 0.153. The number of hydrogen-bond donors (Lipinski definition) is 1. The maximum absolute atomic E-state index is 5.95. The van der Waals surface area contributed by atoms with Crippen molar-refractivity contribution >= 4 is 5.82 Å². The van der Waals surface area contributed by atoms with Gasteiger partial charge in [0, 0.05) is 38.3 Å². The van der Waals surface area contributed by atoms with Crippen LogP contribution in [0.15, 0.2) is 0 Å². The Labute approximate surface area is 116 Å². The van der Waals surface area contributed by atoms with Gasteiger partial charge in [-0.25, -0.2) is 0 Å². The second-order valence-corrected chi connectivity index (χ2v) is 4.97. The highest BCUT2D eigenvalue weighted by Crippen LogP contribution is 2.24. The Bertz CT molecular complexity index is 387. The van der Waals surface area contributed by atoms with Crippen molar-refractivity contribution in [3.05, 3.63) is 11.3 Å². The van der Waals surface area contributed by atoms with E-state index in [-0.39, 0.29) is 6.04 Å². The van der Waals surface area contributed by atoms with Gasteiger partial charge in [-0.15, -0.1) is 0 Å². The quantitative estimate of drug-likeness (QED) is 0.726. The molecule has 0 amide bonds. The van der Waals surface area contributed by atoms with Crippen LogP contribution in [0.25, 0.3) is 0 Å². The standard InChI is InChI=1S/C14H28N4O/c1-6-18(8-9-19-7-2)14-13(10-11(3)15)12(4)16-17(14)5/h11H,6-10,15H2,1-5H3. The van der Waals surface area contributed by atoms with Crippen LogP contribution in [0.4, 0.5) is 5.82 Å². The number of anilines is 1. The highest BCUT2D eigenvalue weighted by molar-refractivity contribution is 5.50. The summed E-state index contributed by atoms with van der Waals surface area (Å²) in [7, 11) is 2.00. The predicted octanol–water partition coefficient (Wildman–Crippen LogP) is 1.48. The van der Waals surface area contributed by atoms with E-state index in [9.17, 15) is 0 Å². The molecule has 0 saturated carbocycles. The maximum Gasteiger partial charge on any atom is 0.130 e. The van der Waals surface area contributed by atoms with Crippen LogP contribution in [0.1, 0.15) is 32.0 Å². The number of rotatable bonds is 8. The SMILES string of the molecule is CCOCCN(CC)c1c(CC(C)N)c(C)nn1C. The Morgan fingerprint density at radius 2 is 2.11 bits per heavy atom. The molecule has 1 rings (SSSR count). The molecule has 19 heavy (non-hydrogen) atoms. The molecule has 0 radical (unpaired) electrons. The molecule has 110 valence electrons. The largest absolute Gasteiger partial charge is 0.380 e. The lowest BCUT2D eigenvalue weighted by Crippen LogP contribution is -2.30. The van der Waals surface area contributed by atoms with Crippen molar-refractivity contribution in [2.45, 2.75) is 40.2 Å². The summed E-state index contributed by atoms with van der Waals surface area (Å²) in [6, 6.07) is 0.146. The molecule has 0 fully saturated rings. The summed E-state index contributed by atoms with van der Waals surface area (Å²) in [5.41, 5.74) is 8.29. The molecular formula is C14H28N4O. The molecular weight excluding hydrogens is 240 g/mol. The molecule has 0 aliphatic carbocycles. The first-order valence-corrected chi connectivity index (χ1v) is 7.11. The number of aromatic nitrogens is 2. The van der Waals surface area contributed by atoms with E-state index in [1.807, 2.05) is 25.6 Å². The Kier molecular flexibility index (Phi) is 6.31. The third-order valence-electron chi connectivity index (χ3n) is 3.23. The molecule has 2 N–H and O–H groups in total. The van der Waals surface area contributed by atoms with E-state index < -0.39 is 0 Å². The Hall–Kier alpha value is -1.07. The zero-order chi connectivity index (χ0) is 14.4. The highest BCUT2D eigenvalue weighted by Gasteiger charge is 2.19. The zero-order valence-electron chi connectivity index (χ0n) is 12.9. The molecule has 1 heterocycles. The zero-order valence-corrected chi connectivity index (χ0v) is 12.9. The van der Waals surface area contributed by atoms with Crippen LogP contribution in [0.5, 0.6) is 0 Å². The summed E-state index contributed by atoms with van der Waals surface area (Å²) in [5, 5.41) is 4.54. The van der Waals surface area contributed by atoms with Gasteiger partial charge >= 0.3 is 0 Å². The monoisotopic (exact) mass is 268 g/mol. The number of aryl methyl sites for hydroxylation is 2. The van der Waals surface area contributed by atoms with E-state index in [0.717, 1.165) is 38.4 Å². The molecule has 5 nitrogen and oxygen atoms in total. The number of nitrogens with two attached hydrogens (primary N) is 1. The average Bonchev–Trinajstić information content (AvgIpc) is 2.60. The minimum absolute atomic E-state index is 0.146. The van der Waals surface area contributed by atoms with Gasteiger partial charge in [0.1, 0.15) is 5.82 Å². The fourth-order valence-electron chi connectivity index (χ4n) is 2.38. The van der Waals surface area contributed by atoms with Gasteiger partial charge in [-0.05, 0) is 34.1 Å². The summed E-state index contributed by atoms with van der Waals surface area (Å²) in [4.78, 5) is 2.31. The number of hydrogen-bond acceptors (Lipinski definition) is 4. The van der Waals surface area contributed by atoms with Crippen LogP contribution in [0, 0.1) is 6.92 Å². The fourth-order valence-corrected chi connectivity index (χ4v) is 2.38. The first kappa shape index (κ1) is 16.0. The van der Waals surface area contributed by atoms with E-state index in [0.29, 0.717) is 0 Å². The summed E-state index contributed by atoms with van der Waals surface area (Å²) in [6.07, 6.45) is 0.861. The van der Waals surface area contributed by atoms with Gasteiger partial charge in [-0.1, -0.05) is 0 Å². The third-order valence-corrected chi connectivity index (χ3v) is 3.23. The highest BCUT2D eigenvalue weighted by atomic mass is 16.5. The van der Waals surface area contributed by atoms with Crippen LogP contribution < -0.4 is 10.6 Å². The van der Waals surface area contributed by atoms with Gasteiger partial charge < -0.3 is 15.4 Å². The molecule has 0 aliphatic heterocycles. The summed E-state index contributed by atoms with van der Waals surface area (Å²) in [6.45, 7) is 11.6. The second kappa shape index (κ2) is 7.50. The first-order chi connectivity index (χ1) is 9.01. The Morgan fingerprint density at radius 1 is 1.42 bits per heavy atom. The van der Waals surface area contributed by atoms with E-state index in [2.05, 4.69) is 23.8 Å². The van der Waals surface area contributed by atoms with Crippen LogP contribution in [-0.2, 0) is 18.2 Å². The van der Waals surface area contributed by atoms with Crippen molar-refractivity contribution in [2.75, 3.05) is 31.2 Å². The lowest BCUT2D eigenvalue weighted by atomic mass is 10.1. The van der Waals surface area contributed by atoms with Crippen LogP contribution in [-0.4, -0.2) is 42.1 Å². The maximum atomic E-state index is 5.95. The lowest BCUT2D eigenvalue weighted by Gasteiger charge is -2.24. The molecule has 0 spiro atoms. The van der Waals surface area contributed by atoms with E-state index in [1.165, 1.54) is 11.4 Å². The topological polar surface area (TPSA) is 56.3 Å². The summed E-state index contributed by atoms with van der Waals surface area (Å²) < 4.78 is 7.42. The van der Waals surface area contributed by atoms with Gasteiger partial charge in [0.2, 0.25) is 0 Å². The van der Waals surface area contributed by atoms with Crippen molar-refractivity contribution in [1.82, 2.24) is 9.78 Å². The molecule has 0 aromatic carbocycles. The van der Waals surface area contributed by atoms with Gasteiger partial charge in [-0.2, -0.15) is 5.10 Å². The Balaban J connectivity index is 2.94. The minimum Gasteiger partial charge on any atom is -0.380 e. The molecule has 0 aliphatic rings. The van der Waals surface area contributed by atoms with Gasteiger partial charge in [0.25, 0.3) is 0 Å². The van der Waals surface area contributed by atoms with E-state index in [4.69, 9.17) is 10.5 Å². The molecule has 0 bridgehead atoms. The normalized spacial score (nSPS) is 12.7. The molecule has 1 aromatic heterocycles. The molecule has 5 heteroatoms. The van der Waals surface area contributed by atoms with Crippen LogP contribution in [0.3, 0.4) is 0 Å². The number of nitrogens with zero attached hydrogens (tertiary/aromatic N) is 3.